The van der Waals surface area contributed by atoms with Gasteiger partial charge < -0.3 is 14.2 Å². The lowest BCUT2D eigenvalue weighted by Gasteiger charge is -2.10. The molecule has 0 spiro atoms. The standard InChI is InChI=1S/C20H18O5/c1-12(21)11-24-17-9-8-16-19(22)18(25-20(16)13(17)2)10-14-4-6-15(23-3)7-5-14/h4-10H,11H2,1-3H3. The van der Waals surface area contributed by atoms with Gasteiger partial charge in [-0.2, -0.15) is 0 Å². The van der Waals surface area contributed by atoms with Gasteiger partial charge in [-0.1, -0.05) is 12.1 Å². The molecule has 0 fully saturated rings. The molecule has 0 saturated carbocycles. The lowest BCUT2D eigenvalue weighted by Crippen LogP contribution is -2.07. The number of methoxy groups -OCH3 is 1. The van der Waals surface area contributed by atoms with Crippen molar-refractivity contribution in [3.8, 4) is 17.2 Å². The fraction of sp³-hybridized carbons (Fsp3) is 0.200. The summed E-state index contributed by atoms with van der Waals surface area (Å²) in [5.74, 6) is 1.77. The number of carbonyl (C=O) groups excluding carboxylic acids is 2. The Kier molecular flexibility index (Phi) is 4.57. The van der Waals surface area contributed by atoms with E-state index in [0.717, 1.165) is 11.3 Å². The Morgan fingerprint density at radius 2 is 1.88 bits per heavy atom. The van der Waals surface area contributed by atoms with E-state index in [1.54, 1.807) is 32.2 Å². The van der Waals surface area contributed by atoms with Crippen LogP contribution in [-0.4, -0.2) is 25.3 Å². The summed E-state index contributed by atoms with van der Waals surface area (Å²) in [7, 11) is 1.60. The fourth-order valence-corrected chi connectivity index (χ4v) is 2.56. The summed E-state index contributed by atoms with van der Waals surface area (Å²) in [6, 6.07) is 10.7. The zero-order valence-electron chi connectivity index (χ0n) is 14.3. The number of ether oxygens (including phenoxy) is 3. The highest BCUT2D eigenvalue weighted by Crippen LogP contribution is 2.39. The van der Waals surface area contributed by atoms with E-state index in [-0.39, 0.29) is 23.9 Å². The first-order chi connectivity index (χ1) is 12.0. The monoisotopic (exact) mass is 338 g/mol. The summed E-state index contributed by atoms with van der Waals surface area (Å²) < 4.78 is 16.4. The van der Waals surface area contributed by atoms with Gasteiger partial charge in [0, 0.05) is 5.56 Å². The zero-order valence-corrected chi connectivity index (χ0v) is 14.3. The number of benzene rings is 2. The highest BCUT2D eigenvalue weighted by Gasteiger charge is 2.30. The maximum Gasteiger partial charge on any atom is 0.231 e. The average molecular weight is 338 g/mol. The Balaban J connectivity index is 1.88. The molecule has 3 rings (SSSR count). The zero-order chi connectivity index (χ0) is 18.0. The third-order valence-corrected chi connectivity index (χ3v) is 3.88. The summed E-state index contributed by atoms with van der Waals surface area (Å²) in [6.07, 6.45) is 1.69. The third kappa shape index (κ3) is 3.40. The number of fused-ring (bicyclic) bond motifs is 1. The number of hydrogen-bond acceptors (Lipinski definition) is 5. The molecule has 2 aromatic rings. The second-order valence-corrected chi connectivity index (χ2v) is 5.77. The maximum absolute atomic E-state index is 12.5. The van der Waals surface area contributed by atoms with Crippen LogP contribution < -0.4 is 14.2 Å². The van der Waals surface area contributed by atoms with Crippen LogP contribution in [0.1, 0.15) is 28.4 Å². The fourth-order valence-electron chi connectivity index (χ4n) is 2.56. The molecule has 0 unspecified atom stereocenters. The Morgan fingerprint density at radius 1 is 1.16 bits per heavy atom. The SMILES string of the molecule is COc1ccc(C=C2Oc3c(ccc(OCC(C)=O)c3C)C2=O)cc1. The van der Waals surface area contributed by atoms with Crippen LogP contribution >= 0.6 is 0 Å². The minimum atomic E-state index is -0.174. The van der Waals surface area contributed by atoms with Crippen LogP contribution in [0.3, 0.4) is 0 Å². The number of ketones is 2. The number of rotatable bonds is 5. The molecule has 0 aromatic heterocycles. The highest BCUT2D eigenvalue weighted by atomic mass is 16.5. The lowest BCUT2D eigenvalue weighted by molar-refractivity contribution is -0.118. The molecule has 0 saturated heterocycles. The smallest absolute Gasteiger partial charge is 0.231 e. The van der Waals surface area contributed by atoms with Crippen LogP contribution in [-0.2, 0) is 4.79 Å². The minimum Gasteiger partial charge on any atom is -0.497 e. The van der Waals surface area contributed by atoms with Gasteiger partial charge in [-0.05, 0) is 49.8 Å². The first-order valence-electron chi connectivity index (χ1n) is 7.83. The minimum absolute atomic E-state index is 0.0118. The van der Waals surface area contributed by atoms with Crippen molar-refractivity contribution >= 4 is 17.6 Å². The Labute approximate surface area is 145 Å². The van der Waals surface area contributed by atoms with Gasteiger partial charge in [0.15, 0.2) is 11.5 Å². The molecule has 25 heavy (non-hydrogen) atoms. The number of Topliss-reactive ketones (excluding diaryl/α,β-unsaturated/α-hetero) is 2. The second-order valence-electron chi connectivity index (χ2n) is 5.77. The van der Waals surface area contributed by atoms with Gasteiger partial charge in [-0.15, -0.1) is 0 Å². The molecule has 1 aliphatic heterocycles. The van der Waals surface area contributed by atoms with E-state index in [1.165, 1.54) is 6.92 Å². The van der Waals surface area contributed by atoms with Crippen molar-refractivity contribution in [1.29, 1.82) is 0 Å². The van der Waals surface area contributed by atoms with E-state index in [0.29, 0.717) is 22.6 Å². The predicted molar refractivity (Wildman–Crippen MR) is 93.3 cm³/mol. The molecule has 0 atom stereocenters. The van der Waals surface area contributed by atoms with Gasteiger partial charge in [-0.25, -0.2) is 0 Å². The van der Waals surface area contributed by atoms with Crippen molar-refractivity contribution in [3.63, 3.8) is 0 Å². The summed E-state index contributed by atoms with van der Waals surface area (Å²) in [4.78, 5) is 23.6. The Bertz CT molecular complexity index is 862. The van der Waals surface area contributed by atoms with Crippen LogP contribution in [0.25, 0.3) is 6.08 Å². The van der Waals surface area contributed by atoms with E-state index in [4.69, 9.17) is 14.2 Å². The molecule has 0 radical (unpaired) electrons. The Morgan fingerprint density at radius 3 is 2.52 bits per heavy atom. The van der Waals surface area contributed by atoms with Gasteiger partial charge in [0.05, 0.1) is 12.7 Å². The second kappa shape index (κ2) is 6.81. The predicted octanol–water partition coefficient (Wildman–Crippen LogP) is 3.59. The van der Waals surface area contributed by atoms with Gasteiger partial charge in [0.25, 0.3) is 0 Å². The molecule has 2 aromatic carbocycles. The molecular weight excluding hydrogens is 320 g/mol. The average Bonchev–Trinajstić information content (AvgIpc) is 2.92. The molecule has 1 heterocycles. The number of allylic oxidation sites excluding steroid dienone is 1. The van der Waals surface area contributed by atoms with Gasteiger partial charge in [0.2, 0.25) is 5.78 Å². The summed E-state index contributed by atoms with van der Waals surface area (Å²) in [6.45, 7) is 3.25. The third-order valence-electron chi connectivity index (χ3n) is 3.88. The van der Waals surface area contributed by atoms with Gasteiger partial charge in [0.1, 0.15) is 23.9 Å². The highest BCUT2D eigenvalue weighted by molar-refractivity contribution is 6.15. The molecule has 0 N–H and O–H groups in total. The van der Waals surface area contributed by atoms with Crippen molar-refractivity contribution in [2.75, 3.05) is 13.7 Å². The Hall–Kier alpha value is -3.08. The topological polar surface area (TPSA) is 61.8 Å². The van der Waals surface area contributed by atoms with Crippen LogP contribution in [0.4, 0.5) is 0 Å². The first kappa shape index (κ1) is 16.8. The molecular formula is C20H18O5. The van der Waals surface area contributed by atoms with Crippen molar-refractivity contribution in [1.82, 2.24) is 0 Å². The van der Waals surface area contributed by atoms with E-state index >= 15 is 0 Å². The molecule has 0 amide bonds. The van der Waals surface area contributed by atoms with Crippen LogP contribution in [0.2, 0.25) is 0 Å². The van der Waals surface area contributed by atoms with Crippen molar-refractivity contribution in [2.24, 2.45) is 0 Å². The van der Waals surface area contributed by atoms with Gasteiger partial charge >= 0.3 is 0 Å². The molecule has 5 heteroatoms. The van der Waals surface area contributed by atoms with Crippen LogP contribution in [0.15, 0.2) is 42.2 Å². The summed E-state index contributed by atoms with van der Waals surface area (Å²) >= 11 is 0. The molecule has 0 aliphatic carbocycles. The normalized spacial score (nSPS) is 14.2. The quantitative estimate of drug-likeness (QED) is 0.780. The summed E-state index contributed by atoms with van der Waals surface area (Å²) in [5.41, 5.74) is 2.03. The number of carbonyl (C=O) groups is 2. The van der Waals surface area contributed by atoms with E-state index in [2.05, 4.69) is 0 Å². The van der Waals surface area contributed by atoms with Crippen molar-refractivity contribution < 1.29 is 23.8 Å². The largest absolute Gasteiger partial charge is 0.497 e. The molecule has 128 valence electrons. The van der Waals surface area contributed by atoms with Crippen LogP contribution in [0, 0.1) is 6.92 Å². The molecule has 0 bridgehead atoms. The number of hydrogen-bond donors (Lipinski definition) is 0. The lowest BCUT2D eigenvalue weighted by atomic mass is 10.1. The van der Waals surface area contributed by atoms with E-state index < -0.39 is 0 Å². The van der Waals surface area contributed by atoms with Crippen molar-refractivity contribution in [2.45, 2.75) is 13.8 Å². The van der Waals surface area contributed by atoms with Gasteiger partial charge in [-0.3, -0.25) is 9.59 Å². The molecule has 1 aliphatic rings. The first-order valence-corrected chi connectivity index (χ1v) is 7.83. The summed E-state index contributed by atoms with van der Waals surface area (Å²) in [5, 5.41) is 0. The van der Waals surface area contributed by atoms with E-state index in [9.17, 15) is 9.59 Å². The van der Waals surface area contributed by atoms with Crippen molar-refractivity contribution in [3.05, 3.63) is 58.8 Å². The molecule has 5 nitrogen and oxygen atoms in total. The van der Waals surface area contributed by atoms with E-state index in [1.807, 2.05) is 24.3 Å². The van der Waals surface area contributed by atoms with Crippen LogP contribution in [0.5, 0.6) is 17.2 Å². The maximum atomic E-state index is 12.5.